The highest BCUT2D eigenvalue weighted by molar-refractivity contribution is 5.86. The summed E-state index contributed by atoms with van der Waals surface area (Å²) in [5.41, 5.74) is 0. The summed E-state index contributed by atoms with van der Waals surface area (Å²) in [6.07, 6.45) is 38.9. The van der Waals surface area contributed by atoms with E-state index in [9.17, 15) is 9.90 Å². The minimum absolute atomic E-state index is 0.726. The summed E-state index contributed by atoms with van der Waals surface area (Å²) in [6.45, 7) is 0. The Kier molecular flexibility index (Phi) is 24.3. The van der Waals surface area contributed by atoms with Gasteiger partial charge in [-0.25, -0.2) is 4.79 Å². The van der Waals surface area contributed by atoms with Crippen LogP contribution in [0, 0.1) is 24.2 Å². The van der Waals surface area contributed by atoms with Crippen LogP contribution in [-0.2, 0) is 4.79 Å². The predicted octanol–water partition coefficient (Wildman–Crippen LogP) is 7.76. The van der Waals surface area contributed by atoms with Gasteiger partial charge in [0.15, 0.2) is 0 Å². The van der Waals surface area contributed by atoms with E-state index in [2.05, 4.69) is 29.9 Å². The highest BCUT2D eigenvalue weighted by Crippen LogP contribution is 2.12. The topological polar surface area (TPSA) is 57.5 Å². The summed E-state index contributed by atoms with van der Waals surface area (Å²) in [7, 11) is 0. The first-order valence-corrected chi connectivity index (χ1v) is 13.0. The molecule has 33 heavy (non-hydrogen) atoms. The van der Waals surface area contributed by atoms with Crippen molar-refractivity contribution in [2.45, 2.75) is 122 Å². The normalized spacial score (nSPS) is 12.2. The molecule has 0 rings (SSSR count). The Bertz CT molecular complexity index is 640. The van der Waals surface area contributed by atoms with Crippen LogP contribution < -0.4 is 0 Å². The number of aliphatic hydroxyl groups is 1. The molecule has 1 atom stereocenters. The fourth-order valence-corrected chi connectivity index (χ4v) is 3.58. The van der Waals surface area contributed by atoms with Crippen molar-refractivity contribution in [3.05, 3.63) is 36.5 Å². The van der Waals surface area contributed by atoms with Crippen molar-refractivity contribution < 1.29 is 15.0 Å². The van der Waals surface area contributed by atoms with Gasteiger partial charge in [-0.15, -0.1) is 6.42 Å². The number of unbranched alkanes of at least 4 members (excludes halogenated alkanes) is 16. The number of terminal acetylenes is 1. The zero-order valence-corrected chi connectivity index (χ0v) is 20.6. The third kappa shape index (κ3) is 27.7. The Morgan fingerprint density at radius 1 is 0.667 bits per heavy atom. The molecule has 0 unspecified atom stereocenters. The van der Waals surface area contributed by atoms with Crippen LogP contribution in [0.4, 0.5) is 0 Å². The number of hydrogen-bond acceptors (Lipinski definition) is 2. The monoisotopic (exact) mass is 454 g/mol. The zero-order valence-electron chi connectivity index (χ0n) is 20.6. The molecule has 3 heteroatoms. The molecule has 0 aliphatic rings. The zero-order chi connectivity index (χ0) is 24.2. The van der Waals surface area contributed by atoms with Gasteiger partial charge in [0.25, 0.3) is 0 Å². The molecular formula is C30H46O3. The minimum Gasteiger partial charge on any atom is -0.472 e. The number of aliphatic hydroxyl groups excluding tert-OH is 1. The lowest BCUT2D eigenvalue weighted by atomic mass is 10.1. The molecule has 0 spiro atoms. The summed E-state index contributed by atoms with van der Waals surface area (Å²) >= 11 is 0. The Morgan fingerprint density at radius 3 is 1.48 bits per heavy atom. The van der Waals surface area contributed by atoms with Gasteiger partial charge in [-0.05, 0) is 63.5 Å². The van der Waals surface area contributed by atoms with E-state index in [-0.39, 0.29) is 0 Å². The molecule has 0 saturated heterocycles. The average Bonchev–Trinajstić information content (AvgIpc) is 2.80. The van der Waals surface area contributed by atoms with Gasteiger partial charge in [0, 0.05) is 5.92 Å². The van der Waals surface area contributed by atoms with Crippen LogP contribution in [0.2, 0.25) is 0 Å². The molecule has 0 aliphatic heterocycles. The first kappa shape index (κ1) is 30.8. The molecule has 0 bridgehead atoms. The van der Waals surface area contributed by atoms with Crippen molar-refractivity contribution in [3.8, 4) is 24.2 Å². The molecule has 0 radical (unpaired) electrons. The lowest BCUT2D eigenvalue weighted by molar-refractivity contribution is -0.130. The van der Waals surface area contributed by atoms with Gasteiger partial charge in [0.05, 0.1) is 0 Å². The maximum atomic E-state index is 10.2. The molecule has 0 aromatic heterocycles. The molecule has 0 saturated carbocycles. The molecule has 3 nitrogen and oxygen atoms in total. The second-order valence-corrected chi connectivity index (χ2v) is 8.59. The van der Waals surface area contributed by atoms with Crippen LogP contribution in [0.25, 0.3) is 0 Å². The molecule has 184 valence electrons. The lowest BCUT2D eigenvalue weighted by Gasteiger charge is -2.01. The fourth-order valence-electron chi connectivity index (χ4n) is 3.58. The van der Waals surface area contributed by atoms with Crippen molar-refractivity contribution in [2.24, 2.45) is 0 Å². The number of carbonyl (C=O) groups is 1. The highest BCUT2D eigenvalue weighted by atomic mass is 16.4. The summed E-state index contributed by atoms with van der Waals surface area (Å²) in [4.78, 5) is 10.2. The minimum atomic E-state index is -1.07. The van der Waals surface area contributed by atoms with Gasteiger partial charge in [-0.2, -0.15) is 0 Å². The van der Waals surface area contributed by atoms with Crippen molar-refractivity contribution in [2.75, 3.05) is 0 Å². The van der Waals surface area contributed by atoms with E-state index in [4.69, 9.17) is 11.5 Å². The van der Waals surface area contributed by atoms with Crippen molar-refractivity contribution in [3.63, 3.8) is 0 Å². The third-order valence-corrected chi connectivity index (χ3v) is 5.52. The Morgan fingerprint density at radius 2 is 1.06 bits per heavy atom. The second-order valence-electron chi connectivity index (χ2n) is 8.59. The van der Waals surface area contributed by atoms with Crippen LogP contribution in [0.3, 0.4) is 0 Å². The third-order valence-electron chi connectivity index (χ3n) is 5.52. The van der Waals surface area contributed by atoms with Gasteiger partial charge in [-0.1, -0.05) is 100 Å². The van der Waals surface area contributed by atoms with Gasteiger partial charge in [-0.3, -0.25) is 0 Å². The average molecular weight is 455 g/mol. The number of carboxylic acid groups (broad SMARTS) is 1. The summed E-state index contributed by atoms with van der Waals surface area (Å²) in [5, 5.41) is 17.6. The van der Waals surface area contributed by atoms with Gasteiger partial charge < -0.3 is 10.2 Å². The first-order valence-electron chi connectivity index (χ1n) is 13.0. The summed E-state index contributed by atoms with van der Waals surface area (Å²) in [5.74, 6) is 5.79. The fraction of sp³-hybridized carbons (Fsp3) is 0.633. The summed E-state index contributed by atoms with van der Waals surface area (Å²) < 4.78 is 0. The maximum Gasteiger partial charge on any atom is 0.382 e. The highest BCUT2D eigenvalue weighted by Gasteiger charge is 1.93. The van der Waals surface area contributed by atoms with Crippen molar-refractivity contribution in [1.29, 1.82) is 0 Å². The largest absolute Gasteiger partial charge is 0.472 e. The van der Waals surface area contributed by atoms with Gasteiger partial charge in [0.1, 0.15) is 6.10 Å². The van der Waals surface area contributed by atoms with Crippen LogP contribution in [0.5, 0.6) is 0 Å². The van der Waals surface area contributed by atoms with Crippen LogP contribution in [-0.4, -0.2) is 22.3 Å². The standard InChI is InChI=1S/C30H46O3/c1-2-29(31)27-25-23-21-19-17-15-13-11-9-7-5-3-4-6-8-10-12-14-16-18-20-22-24-26-28-30(32)33/h1,3,5,22,24-25,27,29,31H,4,6-21,23H2,(H,32,33)/b5-3?,24-22?,27-25+/t29-/m0/s1. The molecule has 0 heterocycles. The Labute approximate surface area is 203 Å². The first-order chi connectivity index (χ1) is 16.2. The van der Waals surface area contributed by atoms with Gasteiger partial charge >= 0.3 is 5.97 Å². The van der Waals surface area contributed by atoms with Crippen molar-refractivity contribution >= 4 is 5.97 Å². The molecule has 0 amide bonds. The number of allylic oxidation sites excluding steroid dienone is 5. The van der Waals surface area contributed by atoms with Crippen molar-refractivity contribution in [1.82, 2.24) is 0 Å². The van der Waals surface area contributed by atoms with Crippen LogP contribution >= 0.6 is 0 Å². The molecule has 0 aliphatic carbocycles. The number of carboxylic acids is 1. The van der Waals surface area contributed by atoms with E-state index >= 15 is 0 Å². The lowest BCUT2D eigenvalue weighted by Crippen LogP contribution is -1.95. The van der Waals surface area contributed by atoms with E-state index in [1.54, 1.807) is 12.2 Å². The number of rotatable bonds is 21. The molecular weight excluding hydrogens is 408 g/mol. The molecule has 2 N–H and O–H groups in total. The number of aliphatic carboxylic acids is 1. The predicted molar refractivity (Wildman–Crippen MR) is 141 cm³/mol. The molecule has 0 fully saturated rings. The quantitative estimate of drug-likeness (QED) is 0.106. The van der Waals surface area contributed by atoms with E-state index in [0.717, 1.165) is 19.3 Å². The van der Waals surface area contributed by atoms with E-state index < -0.39 is 12.1 Å². The Balaban J connectivity index is 3.23. The van der Waals surface area contributed by atoms with Crippen LogP contribution in [0.1, 0.15) is 116 Å². The number of hydrogen-bond donors (Lipinski definition) is 2. The molecule has 0 aromatic carbocycles. The second kappa shape index (κ2) is 26.0. The summed E-state index contributed by atoms with van der Waals surface area (Å²) in [6, 6.07) is 0. The Hall–Kier alpha value is -2.23. The van der Waals surface area contributed by atoms with E-state index in [0.29, 0.717) is 0 Å². The van der Waals surface area contributed by atoms with Crippen LogP contribution in [0.15, 0.2) is 36.5 Å². The maximum absolute atomic E-state index is 10.2. The SMILES string of the molecule is C#C[C@H](O)/C=C/CCCCCCCCCC=CCCCCCCCCCC=CC#CC(=O)O. The molecule has 0 aromatic rings. The smallest absolute Gasteiger partial charge is 0.382 e. The van der Waals surface area contributed by atoms with Gasteiger partial charge in [0.2, 0.25) is 0 Å². The van der Waals surface area contributed by atoms with E-state index in [1.807, 2.05) is 12.2 Å². The van der Waals surface area contributed by atoms with E-state index in [1.165, 1.54) is 96.3 Å².